The first-order valence-corrected chi connectivity index (χ1v) is 7.41. The van der Waals surface area contributed by atoms with Crippen LogP contribution < -0.4 is 5.32 Å². The van der Waals surface area contributed by atoms with Gasteiger partial charge in [0.2, 0.25) is 0 Å². The maximum absolute atomic E-state index is 12.9. The molecule has 120 valence electrons. The SMILES string of the molecule is CC(C)(C)NCc1ncoc1C1CCCC(C(F)(F)F)C1. The molecule has 2 rings (SSSR count). The molecule has 1 fully saturated rings. The van der Waals surface area contributed by atoms with Gasteiger partial charge in [0.15, 0.2) is 6.39 Å². The van der Waals surface area contributed by atoms with Gasteiger partial charge in [-0.2, -0.15) is 13.2 Å². The molecular formula is C15H23F3N2O. The van der Waals surface area contributed by atoms with Gasteiger partial charge in [0.25, 0.3) is 0 Å². The zero-order valence-electron chi connectivity index (χ0n) is 12.8. The van der Waals surface area contributed by atoms with E-state index in [0.717, 1.165) is 12.1 Å². The number of hydrogen-bond acceptors (Lipinski definition) is 3. The lowest BCUT2D eigenvalue weighted by atomic mass is 9.79. The van der Waals surface area contributed by atoms with Gasteiger partial charge in [-0.15, -0.1) is 0 Å². The fraction of sp³-hybridized carbons (Fsp3) is 0.800. The van der Waals surface area contributed by atoms with Crippen LogP contribution in [0.3, 0.4) is 0 Å². The van der Waals surface area contributed by atoms with Crippen molar-refractivity contribution in [2.75, 3.05) is 0 Å². The molecular weight excluding hydrogens is 281 g/mol. The number of halogens is 3. The second-order valence-corrected chi connectivity index (χ2v) is 6.87. The number of alkyl halides is 3. The van der Waals surface area contributed by atoms with Crippen LogP contribution in [0.2, 0.25) is 0 Å². The van der Waals surface area contributed by atoms with E-state index in [9.17, 15) is 13.2 Å². The second-order valence-electron chi connectivity index (χ2n) is 6.87. The van der Waals surface area contributed by atoms with Gasteiger partial charge in [-0.05, 0) is 40.0 Å². The number of aromatic nitrogens is 1. The molecule has 3 nitrogen and oxygen atoms in total. The van der Waals surface area contributed by atoms with Crippen molar-refractivity contribution >= 4 is 0 Å². The molecule has 0 saturated heterocycles. The zero-order chi connectivity index (χ0) is 15.7. The Morgan fingerprint density at radius 2 is 2.00 bits per heavy atom. The van der Waals surface area contributed by atoms with Gasteiger partial charge in [-0.1, -0.05) is 6.42 Å². The fourth-order valence-corrected chi connectivity index (χ4v) is 2.82. The highest BCUT2D eigenvalue weighted by Gasteiger charge is 2.43. The minimum absolute atomic E-state index is 0.0721. The molecule has 1 aromatic rings. The van der Waals surface area contributed by atoms with Gasteiger partial charge in [0.05, 0.1) is 11.6 Å². The molecule has 1 heterocycles. The van der Waals surface area contributed by atoms with Crippen molar-refractivity contribution in [3.63, 3.8) is 0 Å². The lowest BCUT2D eigenvalue weighted by molar-refractivity contribution is -0.183. The molecule has 1 N–H and O–H groups in total. The average Bonchev–Trinajstić information content (AvgIpc) is 2.83. The summed E-state index contributed by atoms with van der Waals surface area (Å²) in [7, 11) is 0. The summed E-state index contributed by atoms with van der Waals surface area (Å²) in [6.45, 7) is 6.62. The Hall–Kier alpha value is -1.04. The van der Waals surface area contributed by atoms with E-state index in [1.54, 1.807) is 0 Å². The summed E-state index contributed by atoms with van der Waals surface area (Å²) in [5, 5.41) is 3.30. The molecule has 0 aromatic carbocycles. The van der Waals surface area contributed by atoms with Crippen LogP contribution in [0, 0.1) is 5.92 Å². The monoisotopic (exact) mass is 304 g/mol. The van der Waals surface area contributed by atoms with E-state index in [0.29, 0.717) is 18.7 Å². The van der Waals surface area contributed by atoms with Gasteiger partial charge in [-0.25, -0.2) is 4.98 Å². The number of nitrogens with one attached hydrogen (secondary N) is 1. The van der Waals surface area contributed by atoms with Crippen molar-refractivity contribution in [3.05, 3.63) is 17.8 Å². The highest BCUT2D eigenvalue weighted by molar-refractivity contribution is 5.14. The minimum atomic E-state index is -4.11. The van der Waals surface area contributed by atoms with Crippen LogP contribution in [-0.2, 0) is 6.54 Å². The Labute approximate surface area is 123 Å². The summed E-state index contributed by atoms with van der Waals surface area (Å²) in [4.78, 5) is 4.17. The second kappa shape index (κ2) is 5.99. The maximum atomic E-state index is 12.9. The Morgan fingerprint density at radius 3 is 2.62 bits per heavy atom. The van der Waals surface area contributed by atoms with Gasteiger partial charge in [-0.3, -0.25) is 0 Å². The zero-order valence-corrected chi connectivity index (χ0v) is 12.8. The highest BCUT2D eigenvalue weighted by atomic mass is 19.4. The van der Waals surface area contributed by atoms with Crippen LogP contribution >= 0.6 is 0 Å². The molecule has 1 aliphatic rings. The van der Waals surface area contributed by atoms with Crippen LogP contribution in [0.1, 0.15) is 63.8 Å². The summed E-state index contributed by atoms with van der Waals surface area (Å²) < 4.78 is 44.1. The molecule has 2 atom stereocenters. The third-order valence-corrected chi connectivity index (χ3v) is 3.97. The smallest absolute Gasteiger partial charge is 0.391 e. The van der Waals surface area contributed by atoms with Crippen molar-refractivity contribution in [2.45, 2.75) is 70.6 Å². The van der Waals surface area contributed by atoms with E-state index >= 15 is 0 Å². The number of nitrogens with zero attached hydrogens (tertiary/aromatic N) is 1. The molecule has 1 aliphatic carbocycles. The summed E-state index contributed by atoms with van der Waals surface area (Å²) in [6, 6.07) is 0. The maximum Gasteiger partial charge on any atom is 0.391 e. The van der Waals surface area contributed by atoms with Crippen LogP contribution in [0.25, 0.3) is 0 Å². The molecule has 6 heteroatoms. The number of hydrogen-bond donors (Lipinski definition) is 1. The van der Waals surface area contributed by atoms with Crippen molar-refractivity contribution in [2.24, 2.45) is 5.92 Å². The molecule has 21 heavy (non-hydrogen) atoms. The van der Waals surface area contributed by atoms with Crippen LogP contribution in [-0.4, -0.2) is 16.7 Å². The van der Waals surface area contributed by atoms with Gasteiger partial charge in [0, 0.05) is 18.0 Å². The lowest BCUT2D eigenvalue weighted by Gasteiger charge is -2.30. The Bertz CT molecular complexity index is 462. The predicted octanol–water partition coefficient (Wildman–Crippen LogP) is 4.40. The Morgan fingerprint density at radius 1 is 1.29 bits per heavy atom. The standard InChI is InChI=1S/C15H23F3N2O/c1-14(2,3)20-8-12-13(21-9-19-12)10-5-4-6-11(7-10)15(16,17)18/h9-11,20H,4-8H2,1-3H3. The molecule has 0 amide bonds. The normalized spacial score (nSPS) is 24.3. The quantitative estimate of drug-likeness (QED) is 0.899. The Balaban J connectivity index is 2.06. The topological polar surface area (TPSA) is 38.1 Å². The van der Waals surface area contributed by atoms with Crippen molar-refractivity contribution in [1.29, 1.82) is 0 Å². The largest absolute Gasteiger partial charge is 0.448 e. The van der Waals surface area contributed by atoms with Crippen molar-refractivity contribution in [1.82, 2.24) is 10.3 Å². The summed E-state index contributed by atoms with van der Waals surface area (Å²) in [5.41, 5.74) is 0.662. The predicted molar refractivity (Wildman–Crippen MR) is 73.8 cm³/mol. The van der Waals surface area contributed by atoms with Gasteiger partial charge in [0.1, 0.15) is 5.76 Å². The van der Waals surface area contributed by atoms with E-state index in [1.165, 1.54) is 6.39 Å². The molecule has 0 aliphatic heterocycles. The van der Waals surface area contributed by atoms with E-state index < -0.39 is 12.1 Å². The fourth-order valence-electron chi connectivity index (χ4n) is 2.82. The first-order chi connectivity index (χ1) is 9.67. The highest BCUT2D eigenvalue weighted by Crippen LogP contribution is 2.44. The molecule has 0 spiro atoms. The van der Waals surface area contributed by atoms with Gasteiger partial charge < -0.3 is 9.73 Å². The number of rotatable bonds is 3. The third-order valence-electron chi connectivity index (χ3n) is 3.97. The first-order valence-electron chi connectivity index (χ1n) is 7.41. The lowest BCUT2D eigenvalue weighted by Crippen LogP contribution is -2.35. The first kappa shape index (κ1) is 16.3. The van der Waals surface area contributed by atoms with Gasteiger partial charge >= 0.3 is 6.18 Å². The van der Waals surface area contributed by atoms with Crippen molar-refractivity contribution in [3.8, 4) is 0 Å². The minimum Gasteiger partial charge on any atom is -0.448 e. The Kier molecular flexibility index (Phi) is 4.66. The molecule has 1 aromatic heterocycles. The van der Waals surface area contributed by atoms with E-state index in [2.05, 4.69) is 10.3 Å². The summed E-state index contributed by atoms with van der Waals surface area (Å²) >= 11 is 0. The third kappa shape index (κ3) is 4.46. The van der Waals surface area contributed by atoms with E-state index in [4.69, 9.17) is 4.42 Å². The summed E-state index contributed by atoms with van der Waals surface area (Å²) in [5.74, 6) is -0.768. The van der Waals surface area contributed by atoms with Crippen LogP contribution in [0.15, 0.2) is 10.8 Å². The van der Waals surface area contributed by atoms with E-state index in [-0.39, 0.29) is 24.3 Å². The summed E-state index contributed by atoms with van der Waals surface area (Å²) in [6.07, 6.45) is -1.11. The molecule has 1 saturated carbocycles. The molecule has 0 bridgehead atoms. The van der Waals surface area contributed by atoms with Crippen LogP contribution in [0.5, 0.6) is 0 Å². The average molecular weight is 304 g/mol. The molecule has 0 radical (unpaired) electrons. The number of oxazole rings is 1. The van der Waals surface area contributed by atoms with Crippen molar-refractivity contribution < 1.29 is 17.6 Å². The van der Waals surface area contributed by atoms with E-state index in [1.807, 2.05) is 20.8 Å². The van der Waals surface area contributed by atoms with Crippen LogP contribution in [0.4, 0.5) is 13.2 Å². The molecule has 2 unspecified atom stereocenters.